The number of hydrogen-bond donors (Lipinski definition) is 2. The Morgan fingerprint density at radius 3 is 2.44 bits per heavy atom. The number of benzene rings is 2. The zero-order valence-corrected chi connectivity index (χ0v) is 15.5. The van der Waals surface area contributed by atoms with Crippen molar-refractivity contribution >= 4 is 29.4 Å². The van der Waals surface area contributed by atoms with Crippen LogP contribution in [0.5, 0.6) is 0 Å². The molecule has 0 aliphatic carbocycles. The first kappa shape index (κ1) is 18.5. The van der Waals surface area contributed by atoms with Gasteiger partial charge in [0.2, 0.25) is 0 Å². The molecule has 27 heavy (non-hydrogen) atoms. The lowest BCUT2D eigenvalue weighted by atomic mass is 10.0. The SMILES string of the molecule is Cc1ccc(-c2cnc(NC(=O)NC(=O)c3ccccc3Cl)cn2)c(C)c1. The quantitative estimate of drug-likeness (QED) is 0.706. The van der Waals surface area contributed by atoms with Crippen LogP contribution in [0.25, 0.3) is 11.3 Å². The maximum Gasteiger partial charge on any atom is 0.327 e. The largest absolute Gasteiger partial charge is 0.327 e. The van der Waals surface area contributed by atoms with E-state index in [1.807, 2.05) is 26.0 Å². The van der Waals surface area contributed by atoms with E-state index in [1.54, 1.807) is 24.4 Å². The van der Waals surface area contributed by atoms with E-state index in [-0.39, 0.29) is 16.4 Å². The summed E-state index contributed by atoms with van der Waals surface area (Å²) in [6.07, 6.45) is 3.01. The maximum absolute atomic E-state index is 12.1. The number of nitrogens with zero attached hydrogens (tertiary/aromatic N) is 2. The number of aryl methyl sites for hydroxylation is 2. The van der Waals surface area contributed by atoms with Gasteiger partial charge in [0.25, 0.3) is 5.91 Å². The van der Waals surface area contributed by atoms with E-state index >= 15 is 0 Å². The third-order valence-corrected chi connectivity index (χ3v) is 4.23. The minimum atomic E-state index is -0.714. The molecule has 3 rings (SSSR count). The van der Waals surface area contributed by atoms with Gasteiger partial charge in [-0.3, -0.25) is 20.4 Å². The zero-order chi connectivity index (χ0) is 19.4. The molecule has 0 aliphatic rings. The van der Waals surface area contributed by atoms with E-state index in [0.717, 1.165) is 11.1 Å². The molecule has 0 radical (unpaired) electrons. The highest BCUT2D eigenvalue weighted by atomic mass is 35.5. The molecule has 0 fully saturated rings. The normalized spacial score (nSPS) is 10.3. The molecule has 2 aromatic carbocycles. The van der Waals surface area contributed by atoms with Crippen molar-refractivity contribution in [2.45, 2.75) is 13.8 Å². The van der Waals surface area contributed by atoms with Gasteiger partial charge in [-0.05, 0) is 31.5 Å². The summed E-state index contributed by atoms with van der Waals surface area (Å²) in [6.45, 7) is 4.03. The fraction of sp³-hybridized carbons (Fsp3) is 0.100. The van der Waals surface area contributed by atoms with Crippen molar-refractivity contribution in [3.8, 4) is 11.3 Å². The number of urea groups is 1. The van der Waals surface area contributed by atoms with E-state index in [0.29, 0.717) is 5.69 Å². The molecule has 0 unspecified atom stereocenters. The van der Waals surface area contributed by atoms with E-state index in [4.69, 9.17) is 11.6 Å². The van der Waals surface area contributed by atoms with E-state index in [2.05, 4.69) is 26.7 Å². The third-order valence-electron chi connectivity index (χ3n) is 3.90. The topological polar surface area (TPSA) is 84.0 Å². The first-order valence-electron chi connectivity index (χ1n) is 8.20. The molecule has 0 atom stereocenters. The molecule has 0 bridgehead atoms. The lowest BCUT2D eigenvalue weighted by Gasteiger charge is -2.09. The molecule has 0 saturated heterocycles. The van der Waals surface area contributed by atoms with Crippen molar-refractivity contribution in [2.24, 2.45) is 0 Å². The molecule has 2 N–H and O–H groups in total. The third kappa shape index (κ3) is 4.48. The Morgan fingerprint density at radius 2 is 1.78 bits per heavy atom. The minimum Gasteiger partial charge on any atom is -0.291 e. The number of hydrogen-bond acceptors (Lipinski definition) is 4. The number of anilines is 1. The summed E-state index contributed by atoms with van der Waals surface area (Å²) >= 11 is 5.95. The Bertz CT molecular complexity index is 1000. The Morgan fingerprint density at radius 1 is 1.00 bits per heavy atom. The molecular formula is C20H17ClN4O2. The van der Waals surface area contributed by atoms with Crippen molar-refractivity contribution in [3.05, 3.63) is 76.6 Å². The van der Waals surface area contributed by atoms with Gasteiger partial charge in [0.1, 0.15) is 0 Å². The van der Waals surface area contributed by atoms with Gasteiger partial charge in [-0.25, -0.2) is 9.78 Å². The molecule has 0 saturated carbocycles. The van der Waals surface area contributed by atoms with Crippen LogP contribution in [0.1, 0.15) is 21.5 Å². The molecule has 3 amide bonds. The van der Waals surface area contributed by atoms with Gasteiger partial charge in [-0.1, -0.05) is 47.5 Å². The predicted octanol–water partition coefficient (Wildman–Crippen LogP) is 4.38. The van der Waals surface area contributed by atoms with E-state index in [1.165, 1.54) is 17.8 Å². The average Bonchev–Trinajstić information content (AvgIpc) is 2.63. The molecule has 7 heteroatoms. The van der Waals surface area contributed by atoms with Gasteiger partial charge in [0.15, 0.2) is 5.82 Å². The number of rotatable bonds is 3. The van der Waals surface area contributed by atoms with Gasteiger partial charge in [0, 0.05) is 5.56 Å². The molecule has 1 aromatic heterocycles. The van der Waals surface area contributed by atoms with Gasteiger partial charge in [-0.15, -0.1) is 0 Å². The summed E-state index contributed by atoms with van der Waals surface area (Å²) in [5, 5.41) is 4.95. The van der Waals surface area contributed by atoms with E-state index < -0.39 is 11.9 Å². The number of aromatic nitrogens is 2. The number of amides is 3. The number of halogens is 1. The average molecular weight is 381 g/mol. The van der Waals surface area contributed by atoms with Crippen LogP contribution in [0, 0.1) is 13.8 Å². The molecule has 0 spiro atoms. The van der Waals surface area contributed by atoms with Crippen molar-refractivity contribution in [3.63, 3.8) is 0 Å². The summed E-state index contributed by atoms with van der Waals surface area (Å²) in [7, 11) is 0. The minimum absolute atomic E-state index is 0.214. The Hall–Kier alpha value is -3.25. The van der Waals surface area contributed by atoms with Gasteiger partial charge in [-0.2, -0.15) is 0 Å². The number of imide groups is 1. The highest BCUT2D eigenvalue weighted by molar-refractivity contribution is 6.34. The summed E-state index contributed by atoms with van der Waals surface area (Å²) in [4.78, 5) is 32.6. The van der Waals surface area contributed by atoms with Crippen molar-refractivity contribution < 1.29 is 9.59 Å². The summed E-state index contributed by atoms with van der Waals surface area (Å²) in [5.74, 6) is -0.370. The summed E-state index contributed by atoms with van der Waals surface area (Å²) in [5.41, 5.74) is 4.14. The zero-order valence-electron chi connectivity index (χ0n) is 14.8. The molecule has 0 aliphatic heterocycles. The van der Waals surface area contributed by atoms with Crippen molar-refractivity contribution in [2.75, 3.05) is 5.32 Å². The first-order chi connectivity index (χ1) is 12.9. The fourth-order valence-corrected chi connectivity index (χ4v) is 2.82. The summed E-state index contributed by atoms with van der Waals surface area (Å²) in [6, 6.07) is 11.8. The second kappa shape index (κ2) is 7.97. The fourth-order valence-electron chi connectivity index (χ4n) is 2.60. The van der Waals surface area contributed by atoms with Gasteiger partial charge in [0.05, 0.1) is 28.7 Å². The Labute approximate surface area is 161 Å². The monoisotopic (exact) mass is 380 g/mol. The van der Waals surface area contributed by atoms with Crippen LogP contribution in [0.15, 0.2) is 54.9 Å². The number of carbonyl (C=O) groups excluding carboxylic acids is 2. The lowest BCUT2D eigenvalue weighted by molar-refractivity contribution is 0.0967. The molecular weight excluding hydrogens is 364 g/mol. The van der Waals surface area contributed by atoms with Crippen LogP contribution in [-0.2, 0) is 0 Å². The maximum atomic E-state index is 12.1. The second-order valence-corrected chi connectivity index (χ2v) is 6.40. The summed E-state index contributed by atoms with van der Waals surface area (Å²) < 4.78 is 0. The van der Waals surface area contributed by atoms with Gasteiger partial charge >= 0.3 is 6.03 Å². The van der Waals surface area contributed by atoms with Crippen LogP contribution in [-0.4, -0.2) is 21.9 Å². The molecule has 136 valence electrons. The Balaban J connectivity index is 1.67. The van der Waals surface area contributed by atoms with Crippen molar-refractivity contribution in [1.82, 2.24) is 15.3 Å². The van der Waals surface area contributed by atoms with Crippen LogP contribution >= 0.6 is 11.6 Å². The molecule has 1 heterocycles. The molecule has 6 nitrogen and oxygen atoms in total. The predicted molar refractivity (Wildman–Crippen MR) is 105 cm³/mol. The smallest absolute Gasteiger partial charge is 0.291 e. The first-order valence-corrected chi connectivity index (χ1v) is 8.58. The van der Waals surface area contributed by atoms with Crippen molar-refractivity contribution in [1.29, 1.82) is 0 Å². The highest BCUT2D eigenvalue weighted by Crippen LogP contribution is 2.22. The number of carbonyl (C=O) groups is 2. The van der Waals surface area contributed by atoms with E-state index in [9.17, 15) is 9.59 Å². The highest BCUT2D eigenvalue weighted by Gasteiger charge is 2.14. The second-order valence-electron chi connectivity index (χ2n) is 5.99. The molecule has 3 aromatic rings. The van der Waals surface area contributed by atoms with Crippen LogP contribution < -0.4 is 10.6 Å². The number of nitrogens with one attached hydrogen (secondary N) is 2. The van der Waals surface area contributed by atoms with Gasteiger partial charge < -0.3 is 0 Å². The standard InChI is InChI=1S/C20H17ClN4O2/c1-12-7-8-14(13(2)9-12)17-10-23-18(11-22-17)24-20(27)25-19(26)15-5-3-4-6-16(15)21/h3-11H,1-2H3,(H2,23,24,25,26,27). The van der Waals surface area contributed by atoms with Crippen LogP contribution in [0.4, 0.5) is 10.6 Å². The van der Waals surface area contributed by atoms with Crippen LogP contribution in [0.2, 0.25) is 5.02 Å². The lowest BCUT2D eigenvalue weighted by Crippen LogP contribution is -2.34. The Kier molecular flexibility index (Phi) is 5.47. The van der Waals surface area contributed by atoms with Crippen LogP contribution in [0.3, 0.4) is 0 Å².